The fourth-order valence-corrected chi connectivity index (χ4v) is 0.584. The Balaban J connectivity index is 0. The predicted octanol–water partition coefficient (Wildman–Crippen LogP) is -2.89. The van der Waals surface area contributed by atoms with Crippen molar-refractivity contribution in [1.82, 2.24) is 9.97 Å². The van der Waals surface area contributed by atoms with Gasteiger partial charge in [-0.25, -0.2) is 9.59 Å². The molecule has 1 heterocycles. The van der Waals surface area contributed by atoms with Gasteiger partial charge in [-0.05, 0) is 0 Å². The first-order valence-electron chi connectivity index (χ1n) is 2.66. The number of nitrogens with one attached hydrogen (secondary N) is 2. The van der Waals surface area contributed by atoms with Gasteiger partial charge in [0.2, 0.25) is 0 Å². The maximum Gasteiger partial charge on any atom is 0.352 e. The van der Waals surface area contributed by atoms with Crippen molar-refractivity contribution in [2.45, 2.75) is 0 Å². The van der Waals surface area contributed by atoms with Crippen LogP contribution >= 0.6 is 0 Å². The van der Waals surface area contributed by atoms with Crippen LogP contribution in [0.15, 0.2) is 15.7 Å². The lowest BCUT2D eigenvalue weighted by molar-refractivity contribution is 0.0689. The van der Waals surface area contributed by atoms with Crippen LogP contribution in [0.5, 0.6) is 0 Å². The Bertz CT molecular complexity index is 362. The van der Waals surface area contributed by atoms with Crippen molar-refractivity contribution in [1.29, 1.82) is 0 Å². The summed E-state index contributed by atoms with van der Waals surface area (Å²) in [6.07, 6.45) is 0. The van der Waals surface area contributed by atoms with Gasteiger partial charge in [-0.2, -0.15) is 0 Å². The summed E-state index contributed by atoms with van der Waals surface area (Å²) < 4.78 is 0. The Morgan fingerprint density at radius 3 is 2.15 bits per heavy atom. The van der Waals surface area contributed by atoms with Crippen molar-refractivity contribution in [2.24, 2.45) is 0 Å². The third-order valence-electron chi connectivity index (χ3n) is 0.991. The second kappa shape index (κ2) is 4.85. The van der Waals surface area contributed by atoms with Gasteiger partial charge in [0, 0.05) is 6.07 Å². The second-order valence-corrected chi connectivity index (χ2v) is 1.81. The molecule has 7 N–H and O–H groups in total. The number of rotatable bonds is 1. The van der Waals surface area contributed by atoms with E-state index in [1.54, 1.807) is 0 Å². The molecule has 0 aliphatic rings. The van der Waals surface area contributed by atoms with Gasteiger partial charge in [0.1, 0.15) is 5.69 Å². The minimum Gasteiger partial charge on any atom is -0.477 e. The van der Waals surface area contributed by atoms with Crippen molar-refractivity contribution >= 4 is 5.97 Å². The zero-order valence-electron chi connectivity index (χ0n) is 6.25. The lowest BCUT2D eigenvalue weighted by Gasteiger charge is -1.89. The number of hydrogen-bond acceptors (Lipinski definition) is 3. The Kier molecular flexibility index (Phi) is 5.09. The lowest BCUT2D eigenvalue weighted by atomic mass is 10.4. The highest BCUT2D eigenvalue weighted by Crippen LogP contribution is 1.81. The highest BCUT2D eigenvalue weighted by molar-refractivity contribution is 5.84. The predicted molar refractivity (Wildman–Crippen MR) is 41.9 cm³/mol. The number of aromatic nitrogens is 2. The summed E-state index contributed by atoms with van der Waals surface area (Å²) in [4.78, 5) is 34.9. The van der Waals surface area contributed by atoms with Crippen LogP contribution in [0.2, 0.25) is 0 Å². The molecule has 0 spiro atoms. The summed E-state index contributed by atoms with van der Waals surface area (Å²) in [7, 11) is 0. The van der Waals surface area contributed by atoms with E-state index in [1.807, 2.05) is 9.97 Å². The summed E-state index contributed by atoms with van der Waals surface area (Å²) in [6.45, 7) is 0. The van der Waals surface area contributed by atoms with E-state index in [4.69, 9.17) is 5.11 Å². The smallest absolute Gasteiger partial charge is 0.352 e. The van der Waals surface area contributed by atoms with Gasteiger partial charge in [-0.3, -0.25) is 9.78 Å². The van der Waals surface area contributed by atoms with E-state index < -0.39 is 22.9 Å². The van der Waals surface area contributed by atoms with Crippen LogP contribution in [0.1, 0.15) is 10.5 Å². The molecule has 0 fully saturated rings. The zero-order valence-corrected chi connectivity index (χ0v) is 6.25. The van der Waals surface area contributed by atoms with E-state index in [1.165, 1.54) is 0 Å². The van der Waals surface area contributed by atoms with Crippen LogP contribution in [-0.2, 0) is 0 Å². The van der Waals surface area contributed by atoms with E-state index >= 15 is 0 Å². The number of carboxylic acids is 1. The van der Waals surface area contributed by atoms with Crippen LogP contribution in [-0.4, -0.2) is 32.0 Å². The Morgan fingerprint density at radius 1 is 1.23 bits per heavy atom. The molecule has 0 amide bonds. The number of carbonyl (C=O) groups is 1. The molecule has 0 aliphatic carbocycles. The number of hydrogen-bond donors (Lipinski definition) is 3. The van der Waals surface area contributed by atoms with Crippen molar-refractivity contribution in [3.63, 3.8) is 0 Å². The Labute approximate surface area is 70.5 Å². The van der Waals surface area contributed by atoms with Gasteiger partial charge in [0.05, 0.1) is 0 Å². The van der Waals surface area contributed by atoms with Gasteiger partial charge in [-0.15, -0.1) is 0 Å². The summed E-state index contributed by atoms with van der Waals surface area (Å²) >= 11 is 0. The second-order valence-electron chi connectivity index (χ2n) is 1.81. The highest BCUT2D eigenvalue weighted by Gasteiger charge is 2.03. The van der Waals surface area contributed by atoms with Crippen LogP contribution in [0, 0.1) is 0 Å². The van der Waals surface area contributed by atoms with Crippen LogP contribution < -0.4 is 11.2 Å². The molecule has 0 saturated carbocycles. The van der Waals surface area contributed by atoms with E-state index in [-0.39, 0.29) is 11.0 Å². The molecule has 0 unspecified atom stereocenters. The fourth-order valence-electron chi connectivity index (χ4n) is 0.584. The highest BCUT2D eigenvalue weighted by atomic mass is 16.4. The molecular formula is C5H8N2O6. The number of aromatic amines is 2. The number of H-pyrrole nitrogens is 2. The lowest BCUT2D eigenvalue weighted by Crippen LogP contribution is -2.24. The molecule has 13 heavy (non-hydrogen) atoms. The first kappa shape index (κ1) is 13.6. The molecule has 8 heteroatoms. The van der Waals surface area contributed by atoms with E-state index in [0.29, 0.717) is 0 Å². The monoisotopic (exact) mass is 192 g/mol. The van der Waals surface area contributed by atoms with E-state index in [0.717, 1.165) is 6.07 Å². The Hall–Kier alpha value is -1.93. The zero-order chi connectivity index (χ0) is 8.43. The molecule has 1 rings (SSSR count). The van der Waals surface area contributed by atoms with Crippen molar-refractivity contribution < 1.29 is 20.9 Å². The average molecular weight is 192 g/mol. The molecule has 0 bridgehead atoms. The van der Waals surface area contributed by atoms with Crippen molar-refractivity contribution in [3.05, 3.63) is 32.6 Å². The third kappa shape index (κ3) is 3.31. The number of carboxylic acid groups (broad SMARTS) is 1. The van der Waals surface area contributed by atoms with Crippen LogP contribution in [0.4, 0.5) is 0 Å². The molecule has 74 valence electrons. The molecule has 8 nitrogen and oxygen atoms in total. The third-order valence-corrected chi connectivity index (χ3v) is 0.991. The molecule has 0 atom stereocenters. The van der Waals surface area contributed by atoms with E-state index in [9.17, 15) is 14.4 Å². The maximum atomic E-state index is 10.5. The van der Waals surface area contributed by atoms with Crippen LogP contribution in [0.25, 0.3) is 0 Å². The normalized spacial score (nSPS) is 8.00. The molecule has 1 aromatic heterocycles. The standard InChI is InChI=1S/C5H4N2O4.2H2O/c8-3-1-2(4(9)10)6-5(11)7-3;;/h1H,(H,9,10)(H2,6,7,8,11);2*1H2. The van der Waals surface area contributed by atoms with Gasteiger partial charge in [0.25, 0.3) is 5.56 Å². The summed E-state index contributed by atoms with van der Waals surface area (Å²) in [5.41, 5.74) is -1.97. The van der Waals surface area contributed by atoms with Crippen LogP contribution in [0.3, 0.4) is 0 Å². The SMILES string of the molecule is O.O.O=C(O)c1cc(=O)[nH]c(=O)[nH]1. The fraction of sp³-hybridized carbons (Fsp3) is 0. The van der Waals surface area contributed by atoms with Gasteiger partial charge < -0.3 is 21.0 Å². The molecule has 0 saturated heterocycles. The molecule has 0 aromatic carbocycles. The topological polar surface area (TPSA) is 166 Å². The maximum absolute atomic E-state index is 10.5. The minimum absolute atomic E-state index is 0. The first-order chi connectivity index (χ1) is 5.09. The summed E-state index contributed by atoms with van der Waals surface area (Å²) in [5, 5.41) is 8.31. The van der Waals surface area contributed by atoms with E-state index in [2.05, 4.69) is 0 Å². The summed E-state index contributed by atoms with van der Waals surface area (Å²) in [6, 6.07) is 0.795. The molecule has 1 aromatic rings. The van der Waals surface area contributed by atoms with Crippen molar-refractivity contribution in [3.8, 4) is 0 Å². The molecule has 0 aliphatic heterocycles. The Morgan fingerprint density at radius 2 is 1.77 bits per heavy atom. The minimum atomic E-state index is -1.34. The molecule has 0 radical (unpaired) electrons. The van der Waals surface area contributed by atoms with Gasteiger partial charge >= 0.3 is 11.7 Å². The van der Waals surface area contributed by atoms with Gasteiger partial charge in [-0.1, -0.05) is 0 Å². The quantitative estimate of drug-likeness (QED) is 0.434. The first-order valence-corrected chi connectivity index (χ1v) is 2.66. The largest absolute Gasteiger partial charge is 0.477 e. The molecular weight excluding hydrogens is 184 g/mol. The van der Waals surface area contributed by atoms with Crippen molar-refractivity contribution in [2.75, 3.05) is 0 Å². The average Bonchev–Trinajstić information content (AvgIpc) is 1.85. The van der Waals surface area contributed by atoms with Gasteiger partial charge in [0.15, 0.2) is 0 Å². The number of aromatic carboxylic acids is 1. The summed E-state index contributed by atoms with van der Waals surface area (Å²) in [5.74, 6) is -1.34.